The average molecular weight is 902 g/mol. The largest absolute Gasteiger partial charge is 0.481 e. The summed E-state index contributed by atoms with van der Waals surface area (Å²) in [4.78, 5) is 79.0. The predicted octanol–water partition coefficient (Wildman–Crippen LogP) is 6.85. The van der Waals surface area contributed by atoms with E-state index in [0.29, 0.717) is 44.8 Å². The van der Waals surface area contributed by atoms with Crippen LogP contribution in [-0.4, -0.2) is 127 Å². The Bertz CT molecular complexity index is 1590. The minimum atomic E-state index is -0.969. The molecule has 14 nitrogen and oxygen atoms in total. The summed E-state index contributed by atoms with van der Waals surface area (Å²) in [5.41, 5.74) is 0.0700. The van der Waals surface area contributed by atoms with Crippen LogP contribution in [0.4, 0.5) is 0 Å². The maximum absolute atomic E-state index is 13.7. The molecule has 1 aliphatic heterocycles. The number of Topliss-reactive ketones (excluding diaryl/α,β-unsaturated/α-hetero) is 1. The molecular weight excluding hydrogens is 815 g/mol. The Balaban J connectivity index is 0.000000725. The Hall–Kier alpha value is -3.88. The van der Waals surface area contributed by atoms with Crippen LogP contribution in [0.5, 0.6) is 0 Å². The normalized spacial score (nSPS) is 21.2. The Kier molecular flexibility index (Phi) is 26.3. The summed E-state index contributed by atoms with van der Waals surface area (Å²) >= 11 is 0. The lowest BCUT2D eigenvalue weighted by Crippen LogP contribution is -2.55. The fraction of sp³-hybridized carbons (Fsp3) is 0.760. The number of likely N-dealkylation sites (N-methyl/N-ethyl adjacent to an activating group) is 1. The van der Waals surface area contributed by atoms with Gasteiger partial charge in [-0.05, 0) is 81.9 Å². The number of aliphatic carboxylic acids is 1. The number of methoxy groups -OCH3 is 2. The minimum Gasteiger partial charge on any atom is -0.481 e. The summed E-state index contributed by atoms with van der Waals surface area (Å²) in [5, 5.41) is 17.6. The lowest BCUT2D eigenvalue weighted by atomic mass is 9.87. The van der Waals surface area contributed by atoms with Crippen molar-refractivity contribution in [3.05, 3.63) is 35.9 Å². The molecule has 0 radical (unpaired) electrons. The summed E-state index contributed by atoms with van der Waals surface area (Å²) in [6.07, 6.45) is 4.29. The second-order valence-corrected chi connectivity index (χ2v) is 18.4. The van der Waals surface area contributed by atoms with Gasteiger partial charge in [0, 0.05) is 39.6 Å². The molecular formula is C50H87N5O9. The van der Waals surface area contributed by atoms with E-state index >= 15 is 0 Å². The summed E-state index contributed by atoms with van der Waals surface area (Å²) in [6.45, 7) is 25.2. The van der Waals surface area contributed by atoms with Gasteiger partial charge in [-0.3, -0.25) is 33.7 Å². The van der Waals surface area contributed by atoms with Crippen LogP contribution in [-0.2, 0) is 38.2 Å². The van der Waals surface area contributed by atoms with Crippen LogP contribution in [0.25, 0.3) is 0 Å². The molecule has 366 valence electrons. The van der Waals surface area contributed by atoms with E-state index in [1.54, 1.807) is 14.2 Å². The standard InChI is InChI=1S/C32H51N3O5.C16H30N2O4.C2H6/c1-8-17-33-31(38)32(20-25(32)24-14-11-10-12-15-24)34-30(37)23(5)29(40-7)26-16-13-18-35(26)28(36)19-27(39-6)22(4)21(3)9-2;1-10(2)14(12(5)19)17-16(22)15(11(3)4)18(6)9-7-8-13(20)21;1-2/h10-12,14-15,21-23,25-27,29H,8-9,13,16-20H2,1-7H3,(H,33,38)(H,34,37);10-11,14-15H,7-9H2,1-6H3,(H,17,22)(H,20,21);1-2H3/t21?,22-,23+,25+,26-,27+,29+,32-;14-,15?;/m00./s1. The van der Waals surface area contributed by atoms with Crippen LogP contribution in [0.15, 0.2) is 30.3 Å². The summed E-state index contributed by atoms with van der Waals surface area (Å²) in [7, 11) is 5.09. The number of ether oxygens (including phenoxy) is 2. The van der Waals surface area contributed by atoms with Crippen molar-refractivity contribution in [2.45, 2.75) is 176 Å². The molecule has 0 bridgehead atoms. The Morgan fingerprint density at radius 3 is 2.05 bits per heavy atom. The monoisotopic (exact) mass is 902 g/mol. The molecule has 14 heteroatoms. The molecule has 2 aliphatic rings. The van der Waals surface area contributed by atoms with Crippen LogP contribution < -0.4 is 16.0 Å². The van der Waals surface area contributed by atoms with Crippen molar-refractivity contribution in [1.29, 1.82) is 0 Å². The van der Waals surface area contributed by atoms with Gasteiger partial charge in [-0.2, -0.15) is 0 Å². The van der Waals surface area contributed by atoms with Crippen LogP contribution in [0, 0.1) is 29.6 Å². The van der Waals surface area contributed by atoms with Crippen molar-refractivity contribution >= 4 is 35.4 Å². The van der Waals surface area contributed by atoms with Gasteiger partial charge >= 0.3 is 5.97 Å². The molecule has 0 aromatic heterocycles. The number of likely N-dealkylation sites (tertiary alicyclic amines) is 1. The van der Waals surface area contributed by atoms with E-state index in [-0.39, 0.29) is 77.7 Å². The molecule has 10 atom stereocenters. The summed E-state index contributed by atoms with van der Waals surface area (Å²) < 4.78 is 11.7. The number of carbonyl (C=O) groups is 6. The maximum Gasteiger partial charge on any atom is 0.303 e. The fourth-order valence-corrected chi connectivity index (χ4v) is 8.93. The van der Waals surface area contributed by atoms with Gasteiger partial charge in [0.15, 0.2) is 5.78 Å². The summed E-state index contributed by atoms with van der Waals surface area (Å²) in [6, 6.07) is 8.80. The average Bonchev–Trinajstić information content (AvgIpc) is 3.79. The third-order valence-corrected chi connectivity index (χ3v) is 13.1. The zero-order valence-corrected chi connectivity index (χ0v) is 42.1. The van der Waals surface area contributed by atoms with Gasteiger partial charge in [-0.25, -0.2) is 0 Å². The van der Waals surface area contributed by atoms with E-state index in [9.17, 15) is 28.8 Å². The van der Waals surface area contributed by atoms with E-state index in [0.717, 1.165) is 31.2 Å². The molecule has 4 amide bonds. The zero-order valence-electron chi connectivity index (χ0n) is 42.1. The smallest absolute Gasteiger partial charge is 0.303 e. The molecule has 0 spiro atoms. The predicted molar refractivity (Wildman–Crippen MR) is 254 cm³/mol. The van der Waals surface area contributed by atoms with Gasteiger partial charge in [-0.15, -0.1) is 0 Å². The van der Waals surface area contributed by atoms with Crippen molar-refractivity contribution < 1.29 is 43.3 Å². The molecule has 1 aliphatic carbocycles. The Morgan fingerprint density at radius 2 is 1.55 bits per heavy atom. The number of hydrogen-bond acceptors (Lipinski definition) is 9. The second-order valence-electron chi connectivity index (χ2n) is 18.4. The van der Waals surface area contributed by atoms with Crippen LogP contribution in [0.2, 0.25) is 0 Å². The SMILES string of the molecule is CC.CC(=O)[C@@H](NC(=O)C(C(C)C)N(C)CCCC(=O)O)C(C)C.CCCNC(=O)[C@]1(NC(=O)[C@H](C)[C@@H](OC)[C@@H]2CCCN2C(=O)C[C@@H](OC)[C@@H](C)C(C)CC)C[C@@H]1c1ccccc1. The molecule has 3 rings (SSSR count). The molecule has 1 saturated carbocycles. The van der Waals surface area contributed by atoms with Gasteiger partial charge in [0.25, 0.3) is 0 Å². The number of carbonyl (C=O) groups excluding carboxylic acids is 5. The number of rotatable bonds is 25. The van der Waals surface area contributed by atoms with Crippen molar-refractivity contribution in [1.82, 2.24) is 25.8 Å². The number of ketones is 1. The number of hydrogen-bond donors (Lipinski definition) is 4. The molecule has 1 aromatic carbocycles. The third-order valence-electron chi connectivity index (χ3n) is 13.1. The fourth-order valence-electron chi connectivity index (χ4n) is 8.93. The van der Waals surface area contributed by atoms with Crippen LogP contribution >= 0.6 is 0 Å². The number of carboxylic acid groups (broad SMARTS) is 1. The summed E-state index contributed by atoms with van der Waals surface area (Å²) in [5.74, 6) is -1.22. The van der Waals surface area contributed by atoms with Crippen LogP contribution in [0.3, 0.4) is 0 Å². The maximum atomic E-state index is 13.7. The topological polar surface area (TPSA) is 184 Å². The van der Waals surface area contributed by atoms with Crippen molar-refractivity contribution in [3.8, 4) is 0 Å². The third kappa shape index (κ3) is 16.8. The number of nitrogens with one attached hydrogen (secondary N) is 3. The second kappa shape index (κ2) is 28.9. The quantitative estimate of drug-likeness (QED) is 0.0810. The molecule has 2 unspecified atom stereocenters. The van der Waals surface area contributed by atoms with Gasteiger partial charge in [0.05, 0.1) is 42.7 Å². The van der Waals surface area contributed by atoms with Crippen LogP contribution in [0.1, 0.15) is 146 Å². The lowest BCUT2D eigenvalue weighted by molar-refractivity contribution is -0.143. The molecule has 64 heavy (non-hydrogen) atoms. The van der Waals surface area contributed by atoms with E-state index in [4.69, 9.17) is 14.6 Å². The van der Waals surface area contributed by atoms with E-state index in [1.807, 2.05) is 103 Å². The highest BCUT2D eigenvalue weighted by Gasteiger charge is 2.62. The highest BCUT2D eigenvalue weighted by molar-refractivity contribution is 5.96. The van der Waals surface area contributed by atoms with Crippen molar-refractivity contribution in [2.75, 3.05) is 40.9 Å². The first-order valence-corrected chi connectivity index (χ1v) is 24.0. The highest BCUT2D eigenvalue weighted by Crippen LogP contribution is 2.52. The number of benzene rings is 1. The Morgan fingerprint density at radius 1 is 0.922 bits per heavy atom. The zero-order chi connectivity index (χ0) is 48.9. The molecule has 1 saturated heterocycles. The number of amides is 4. The first kappa shape index (κ1) is 58.1. The lowest BCUT2D eigenvalue weighted by Gasteiger charge is -2.36. The Labute approximate surface area is 386 Å². The van der Waals surface area contributed by atoms with E-state index in [2.05, 4.69) is 36.7 Å². The van der Waals surface area contributed by atoms with Crippen molar-refractivity contribution in [3.63, 3.8) is 0 Å². The molecule has 1 aromatic rings. The molecule has 4 N–H and O–H groups in total. The van der Waals surface area contributed by atoms with Gasteiger partial charge in [0.1, 0.15) is 5.54 Å². The molecule has 1 heterocycles. The number of nitrogens with zero attached hydrogens (tertiary/aromatic N) is 2. The van der Waals surface area contributed by atoms with Gasteiger partial charge in [-0.1, -0.05) is 113 Å². The van der Waals surface area contributed by atoms with Gasteiger partial charge in [0.2, 0.25) is 23.6 Å². The molecule has 2 fully saturated rings. The first-order chi connectivity index (χ1) is 30.2. The van der Waals surface area contributed by atoms with Gasteiger partial charge < -0.3 is 35.4 Å². The van der Waals surface area contributed by atoms with E-state index < -0.39 is 29.6 Å². The van der Waals surface area contributed by atoms with E-state index in [1.165, 1.54) is 6.92 Å². The first-order valence-electron chi connectivity index (χ1n) is 24.0. The highest BCUT2D eigenvalue weighted by atomic mass is 16.5. The minimum absolute atomic E-state index is 0.0339. The van der Waals surface area contributed by atoms with Crippen molar-refractivity contribution in [2.24, 2.45) is 29.6 Å². The number of carboxylic acids is 1.